The van der Waals surface area contributed by atoms with E-state index in [1.807, 2.05) is 35.7 Å². The first-order chi connectivity index (χ1) is 10.0. The van der Waals surface area contributed by atoms with E-state index in [4.69, 9.17) is 23.2 Å². The summed E-state index contributed by atoms with van der Waals surface area (Å²) in [4.78, 5) is 8.75. The second kappa shape index (κ2) is 5.39. The van der Waals surface area contributed by atoms with Crippen molar-refractivity contribution in [1.82, 2.24) is 9.38 Å². The maximum atomic E-state index is 9.92. The first-order valence-electron chi connectivity index (χ1n) is 6.21. The Morgan fingerprint density at radius 3 is 2.90 bits per heavy atom. The van der Waals surface area contributed by atoms with Crippen molar-refractivity contribution in [2.45, 2.75) is 6.92 Å². The highest BCUT2D eigenvalue weighted by atomic mass is 35.5. The number of hydrogen-bond acceptors (Lipinski definition) is 3. The molecule has 1 N–H and O–H groups in total. The SMILES string of the molecule is Cc1cn2c(N=Cc3cc(Cl)cc(Cl)c3O)cccc2n1. The largest absolute Gasteiger partial charge is 0.506 e. The van der Waals surface area contributed by atoms with E-state index in [2.05, 4.69) is 9.98 Å². The van der Waals surface area contributed by atoms with Crippen LogP contribution in [-0.4, -0.2) is 20.7 Å². The van der Waals surface area contributed by atoms with Gasteiger partial charge in [-0.15, -0.1) is 0 Å². The van der Waals surface area contributed by atoms with Crippen molar-refractivity contribution in [3.8, 4) is 5.75 Å². The van der Waals surface area contributed by atoms with Crippen LogP contribution in [0.15, 0.2) is 41.5 Å². The first kappa shape index (κ1) is 13.9. The lowest BCUT2D eigenvalue weighted by Gasteiger charge is -2.03. The lowest BCUT2D eigenvalue weighted by Crippen LogP contribution is -1.87. The van der Waals surface area contributed by atoms with E-state index in [1.54, 1.807) is 6.07 Å². The standard InChI is InChI=1S/C15H11Cl2N3O/c1-9-8-20-13(3-2-4-14(20)19-9)18-7-10-5-11(16)6-12(17)15(10)21/h2-8,21H,1H3. The lowest BCUT2D eigenvalue weighted by atomic mass is 10.2. The van der Waals surface area contributed by atoms with Crippen molar-refractivity contribution in [3.05, 3.63) is 57.8 Å². The van der Waals surface area contributed by atoms with Crippen LogP contribution >= 0.6 is 23.2 Å². The quantitative estimate of drug-likeness (QED) is 0.711. The number of aliphatic imine (C=N–C) groups is 1. The van der Waals surface area contributed by atoms with Crippen molar-refractivity contribution in [3.63, 3.8) is 0 Å². The molecule has 0 amide bonds. The number of aryl methyl sites for hydroxylation is 1. The minimum Gasteiger partial charge on any atom is -0.506 e. The summed E-state index contributed by atoms with van der Waals surface area (Å²) in [5.41, 5.74) is 2.18. The molecule has 0 aliphatic rings. The maximum absolute atomic E-state index is 9.92. The molecule has 0 unspecified atom stereocenters. The van der Waals surface area contributed by atoms with Crippen molar-refractivity contribution in [2.75, 3.05) is 0 Å². The van der Waals surface area contributed by atoms with Crippen molar-refractivity contribution in [2.24, 2.45) is 4.99 Å². The van der Waals surface area contributed by atoms with Crippen molar-refractivity contribution < 1.29 is 5.11 Å². The van der Waals surface area contributed by atoms with E-state index in [1.165, 1.54) is 12.3 Å². The molecule has 106 valence electrons. The Labute approximate surface area is 131 Å². The Hall–Kier alpha value is -2.04. The molecule has 0 aliphatic heterocycles. The summed E-state index contributed by atoms with van der Waals surface area (Å²) in [5.74, 6) is 0.655. The average molecular weight is 320 g/mol. The van der Waals surface area contributed by atoms with Gasteiger partial charge >= 0.3 is 0 Å². The lowest BCUT2D eigenvalue weighted by molar-refractivity contribution is 0.475. The van der Waals surface area contributed by atoms with E-state index < -0.39 is 0 Å². The van der Waals surface area contributed by atoms with Crippen LogP contribution in [0.1, 0.15) is 11.3 Å². The van der Waals surface area contributed by atoms with Gasteiger partial charge in [-0.25, -0.2) is 9.98 Å². The summed E-state index contributed by atoms with van der Waals surface area (Å²) in [7, 11) is 0. The Bertz CT molecular complexity index is 855. The molecule has 3 aromatic rings. The van der Waals surface area contributed by atoms with Gasteiger partial charge in [0.05, 0.1) is 10.7 Å². The molecule has 0 bridgehead atoms. The molecule has 0 fully saturated rings. The maximum Gasteiger partial charge on any atom is 0.143 e. The molecule has 4 nitrogen and oxygen atoms in total. The van der Waals surface area contributed by atoms with Crippen LogP contribution in [0.2, 0.25) is 10.0 Å². The fourth-order valence-electron chi connectivity index (χ4n) is 2.04. The number of fused-ring (bicyclic) bond motifs is 1. The van der Waals surface area contributed by atoms with E-state index >= 15 is 0 Å². The third-order valence-electron chi connectivity index (χ3n) is 2.98. The number of hydrogen-bond donors (Lipinski definition) is 1. The molecule has 0 saturated carbocycles. The number of benzene rings is 1. The van der Waals surface area contributed by atoms with Gasteiger partial charge in [0.15, 0.2) is 0 Å². The second-order valence-electron chi connectivity index (χ2n) is 4.58. The average Bonchev–Trinajstić information content (AvgIpc) is 2.82. The van der Waals surface area contributed by atoms with E-state index in [9.17, 15) is 5.11 Å². The summed E-state index contributed by atoms with van der Waals surface area (Å²) in [6.07, 6.45) is 3.42. The third kappa shape index (κ3) is 2.73. The van der Waals surface area contributed by atoms with Crippen LogP contribution in [0.4, 0.5) is 5.82 Å². The number of nitrogens with zero attached hydrogens (tertiary/aromatic N) is 3. The van der Waals surface area contributed by atoms with Crippen LogP contribution in [-0.2, 0) is 0 Å². The molecule has 1 aromatic carbocycles. The Balaban J connectivity index is 2.06. The summed E-state index contributed by atoms with van der Waals surface area (Å²) < 4.78 is 1.87. The van der Waals surface area contributed by atoms with Crippen LogP contribution < -0.4 is 0 Å². The van der Waals surface area contributed by atoms with E-state index in [0.29, 0.717) is 16.4 Å². The highest BCUT2D eigenvalue weighted by Crippen LogP contribution is 2.30. The van der Waals surface area contributed by atoms with Gasteiger partial charge in [-0.2, -0.15) is 0 Å². The number of phenols is 1. The Kier molecular flexibility index (Phi) is 3.57. The van der Waals surface area contributed by atoms with Crippen LogP contribution in [0.5, 0.6) is 5.75 Å². The summed E-state index contributed by atoms with van der Waals surface area (Å²) in [5, 5.41) is 10.6. The second-order valence-corrected chi connectivity index (χ2v) is 5.42. The van der Waals surface area contributed by atoms with Gasteiger partial charge in [0, 0.05) is 23.0 Å². The van der Waals surface area contributed by atoms with Crippen molar-refractivity contribution >= 4 is 40.9 Å². The number of pyridine rings is 1. The number of halogens is 2. The fourth-order valence-corrected chi connectivity index (χ4v) is 2.55. The molecular formula is C15H11Cl2N3O. The van der Waals surface area contributed by atoms with Gasteiger partial charge in [-0.3, -0.25) is 4.40 Å². The summed E-state index contributed by atoms with van der Waals surface area (Å²) in [6, 6.07) is 8.72. The number of phenolic OH excluding ortho intramolecular Hbond substituents is 1. The number of aromatic hydroxyl groups is 1. The van der Waals surface area contributed by atoms with Gasteiger partial charge in [-0.1, -0.05) is 29.3 Å². The van der Waals surface area contributed by atoms with Gasteiger partial charge in [-0.05, 0) is 31.2 Å². The monoisotopic (exact) mass is 319 g/mol. The zero-order valence-corrected chi connectivity index (χ0v) is 12.6. The molecule has 0 aliphatic carbocycles. The van der Waals surface area contributed by atoms with Crippen LogP contribution in [0, 0.1) is 6.92 Å². The van der Waals surface area contributed by atoms with Gasteiger partial charge in [0.25, 0.3) is 0 Å². The topological polar surface area (TPSA) is 49.9 Å². The van der Waals surface area contributed by atoms with Gasteiger partial charge in [0.2, 0.25) is 0 Å². The number of aromatic nitrogens is 2. The summed E-state index contributed by atoms with van der Waals surface area (Å²) >= 11 is 11.8. The minimum atomic E-state index is -0.0428. The zero-order valence-electron chi connectivity index (χ0n) is 11.1. The molecule has 21 heavy (non-hydrogen) atoms. The number of rotatable bonds is 2. The third-order valence-corrected chi connectivity index (χ3v) is 3.49. The smallest absolute Gasteiger partial charge is 0.143 e. The molecule has 3 rings (SSSR count). The molecule has 2 heterocycles. The van der Waals surface area contributed by atoms with Crippen LogP contribution in [0.3, 0.4) is 0 Å². The normalized spacial score (nSPS) is 11.6. The van der Waals surface area contributed by atoms with Gasteiger partial charge in [0.1, 0.15) is 17.2 Å². The van der Waals surface area contributed by atoms with Crippen molar-refractivity contribution in [1.29, 1.82) is 0 Å². The molecule has 0 radical (unpaired) electrons. The summed E-state index contributed by atoms with van der Waals surface area (Å²) in [6.45, 7) is 1.92. The predicted molar refractivity (Wildman–Crippen MR) is 85.3 cm³/mol. The van der Waals surface area contributed by atoms with E-state index in [-0.39, 0.29) is 10.8 Å². The fraction of sp³-hybridized carbons (Fsp3) is 0.0667. The Morgan fingerprint density at radius 2 is 2.10 bits per heavy atom. The number of imidazole rings is 1. The molecule has 0 spiro atoms. The zero-order chi connectivity index (χ0) is 15.0. The molecule has 2 aromatic heterocycles. The molecular weight excluding hydrogens is 309 g/mol. The first-order valence-corrected chi connectivity index (χ1v) is 6.97. The molecule has 0 atom stereocenters. The van der Waals surface area contributed by atoms with Crippen LogP contribution in [0.25, 0.3) is 5.65 Å². The van der Waals surface area contributed by atoms with Gasteiger partial charge < -0.3 is 5.11 Å². The van der Waals surface area contributed by atoms with E-state index in [0.717, 1.165) is 11.3 Å². The highest BCUT2D eigenvalue weighted by Gasteiger charge is 2.06. The minimum absolute atomic E-state index is 0.0428. The molecule has 0 saturated heterocycles. The Morgan fingerprint density at radius 1 is 1.29 bits per heavy atom. The highest BCUT2D eigenvalue weighted by molar-refractivity contribution is 6.36. The predicted octanol–water partition coefficient (Wildman–Crippen LogP) is 4.41. The molecule has 6 heteroatoms.